The monoisotopic (exact) mass is 238 g/mol. The van der Waals surface area contributed by atoms with E-state index in [0.29, 0.717) is 0 Å². The van der Waals surface area contributed by atoms with Gasteiger partial charge in [-0.15, -0.1) is 11.6 Å². The summed E-state index contributed by atoms with van der Waals surface area (Å²) < 4.78 is 5.40. The Morgan fingerprint density at radius 1 is 1.19 bits per heavy atom. The Morgan fingerprint density at radius 3 is 2.69 bits per heavy atom. The van der Waals surface area contributed by atoms with Gasteiger partial charge in [0.2, 0.25) is 0 Å². The van der Waals surface area contributed by atoms with E-state index < -0.39 is 0 Å². The van der Waals surface area contributed by atoms with Gasteiger partial charge in [0.1, 0.15) is 0 Å². The van der Waals surface area contributed by atoms with E-state index in [1.165, 1.54) is 23.1 Å². The molecule has 0 saturated heterocycles. The highest BCUT2D eigenvalue weighted by atomic mass is 35.5. The van der Waals surface area contributed by atoms with Crippen LogP contribution in [-0.2, 0) is 18.0 Å². The topological polar surface area (TPSA) is 9.23 Å². The number of alkyl halides is 1. The summed E-state index contributed by atoms with van der Waals surface area (Å²) in [5.41, 5.74) is 3.87. The number of benzene rings is 1. The average Bonchev–Trinajstić information content (AvgIpc) is 2.72. The van der Waals surface area contributed by atoms with Crippen molar-refractivity contribution in [3.05, 3.63) is 34.9 Å². The van der Waals surface area contributed by atoms with Crippen LogP contribution in [0, 0.1) is 5.92 Å². The molecule has 0 fully saturated rings. The van der Waals surface area contributed by atoms with Crippen molar-refractivity contribution in [3.63, 3.8) is 0 Å². The molecule has 2 heteroatoms. The first kappa shape index (κ1) is 11.9. The van der Waals surface area contributed by atoms with E-state index in [0.717, 1.165) is 25.6 Å². The molecule has 0 aromatic heterocycles. The molecular formula is C14H19ClO. The fourth-order valence-electron chi connectivity index (χ4n) is 2.03. The fourth-order valence-corrected chi connectivity index (χ4v) is 2.29. The molecular weight excluding hydrogens is 220 g/mol. The highest BCUT2D eigenvalue weighted by molar-refractivity contribution is 6.20. The Balaban J connectivity index is 2.03. The van der Waals surface area contributed by atoms with Crippen molar-refractivity contribution < 1.29 is 4.74 Å². The lowest BCUT2D eigenvalue weighted by molar-refractivity contribution is 0.134. The molecule has 2 rings (SSSR count). The Kier molecular flexibility index (Phi) is 3.88. The average molecular weight is 239 g/mol. The van der Waals surface area contributed by atoms with Crippen LogP contribution in [0.2, 0.25) is 0 Å². The molecule has 0 saturated carbocycles. The van der Waals surface area contributed by atoms with E-state index in [9.17, 15) is 0 Å². The van der Waals surface area contributed by atoms with Gasteiger partial charge in [0.25, 0.3) is 0 Å². The first-order valence-electron chi connectivity index (χ1n) is 6.00. The smallest absolute Gasteiger partial charge is 0.0725 e. The third kappa shape index (κ3) is 2.78. The highest BCUT2D eigenvalue weighted by Crippen LogP contribution is 2.30. The van der Waals surface area contributed by atoms with Crippen LogP contribution in [0.5, 0.6) is 0 Å². The highest BCUT2D eigenvalue weighted by Gasteiger charge is 2.15. The third-order valence-electron chi connectivity index (χ3n) is 3.10. The van der Waals surface area contributed by atoms with Gasteiger partial charge in [0.15, 0.2) is 0 Å². The summed E-state index contributed by atoms with van der Waals surface area (Å²) in [7, 11) is 0. The van der Waals surface area contributed by atoms with E-state index in [1.54, 1.807) is 0 Å². The zero-order valence-electron chi connectivity index (χ0n) is 10.0. The maximum absolute atomic E-state index is 6.41. The molecule has 1 nitrogen and oxygen atoms in total. The largest absolute Gasteiger partial charge is 0.372 e. The van der Waals surface area contributed by atoms with Crippen LogP contribution in [-0.4, -0.2) is 0 Å². The number of ether oxygens (including phenoxy) is 1. The summed E-state index contributed by atoms with van der Waals surface area (Å²) in [5.74, 6) is 0.721. The van der Waals surface area contributed by atoms with Crippen LogP contribution >= 0.6 is 11.6 Å². The summed E-state index contributed by atoms with van der Waals surface area (Å²) in [6, 6.07) is 6.51. The van der Waals surface area contributed by atoms with Gasteiger partial charge in [0.05, 0.1) is 18.6 Å². The van der Waals surface area contributed by atoms with E-state index in [-0.39, 0.29) is 5.38 Å². The van der Waals surface area contributed by atoms with E-state index in [2.05, 4.69) is 32.0 Å². The third-order valence-corrected chi connectivity index (χ3v) is 3.57. The second kappa shape index (κ2) is 5.20. The molecule has 1 aliphatic rings. The van der Waals surface area contributed by atoms with Gasteiger partial charge < -0.3 is 4.74 Å². The molecule has 0 radical (unpaired) electrons. The minimum Gasteiger partial charge on any atom is -0.372 e. The maximum atomic E-state index is 6.41. The van der Waals surface area contributed by atoms with Gasteiger partial charge in [0, 0.05) is 0 Å². The van der Waals surface area contributed by atoms with Gasteiger partial charge >= 0.3 is 0 Å². The predicted octanol–water partition coefficient (Wildman–Crippen LogP) is 4.43. The maximum Gasteiger partial charge on any atom is 0.0725 e. The Hall–Kier alpha value is -0.530. The van der Waals surface area contributed by atoms with Crippen LogP contribution in [0.1, 0.15) is 48.8 Å². The summed E-state index contributed by atoms with van der Waals surface area (Å²) in [6.07, 6.45) is 2.24. The van der Waals surface area contributed by atoms with Crippen LogP contribution < -0.4 is 0 Å². The minimum absolute atomic E-state index is 0.147. The van der Waals surface area contributed by atoms with Gasteiger partial charge in [-0.2, -0.15) is 0 Å². The number of hydrogen-bond donors (Lipinski definition) is 0. The first-order chi connectivity index (χ1) is 7.66. The van der Waals surface area contributed by atoms with Gasteiger partial charge in [-0.1, -0.05) is 32.0 Å². The standard InChI is InChI=1S/C14H19ClO/c1-10(2)3-6-14(15)11-4-5-12-8-16-9-13(12)7-11/h4-5,7,10,14H,3,6,8-9H2,1-2H3. The molecule has 1 unspecified atom stereocenters. The van der Waals surface area contributed by atoms with E-state index in [1.807, 2.05) is 0 Å². The van der Waals surface area contributed by atoms with Gasteiger partial charge in [-0.3, -0.25) is 0 Å². The Morgan fingerprint density at radius 2 is 1.94 bits per heavy atom. The molecule has 1 heterocycles. The van der Waals surface area contributed by atoms with Gasteiger partial charge in [-0.25, -0.2) is 0 Å². The molecule has 16 heavy (non-hydrogen) atoms. The molecule has 0 aliphatic carbocycles. The molecule has 0 amide bonds. The van der Waals surface area contributed by atoms with Gasteiger partial charge in [-0.05, 0) is 35.4 Å². The van der Waals surface area contributed by atoms with Crippen molar-refractivity contribution >= 4 is 11.6 Å². The fraction of sp³-hybridized carbons (Fsp3) is 0.571. The van der Waals surface area contributed by atoms with Crippen LogP contribution in [0.3, 0.4) is 0 Å². The SMILES string of the molecule is CC(C)CCC(Cl)c1ccc2c(c1)COC2. The van der Waals surface area contributed by atoms with Crippen molar-refractivity contribution in [3.8, 4) is 0 Å². The molecule has 1 aromatic carbocycles. The Labute approximate surface area is 103 Å². The molecule has 1 aliphatic heterocycles. The summed E-state index contributed by atoms with van der Waals surface area (Å²) in [5, 5.41) is 0.147. The van der Waals surface area contributed by atoms with Crippen LogP contribution in [0.15, 0.2) is 18.2 Å². The quantitative estimate of drug-likeness (QED) is 0.705. The normalized spacial score (nSPS) is 16.5. The lowest BCUT2D eigenvalue weighted by atomic mass is 9.99. The first-order valence-corrected chi connectivity index (χ1v) is 6.44. The van der Waals surface area contributed by atoms with Crippen molar-refractivity contribution in [1.29, 1.82) is 0 Å². The molecule has 0 bridgehead atoms. The summed E-state index contributed by atoms with van der Waals surface area (Å²) in [4.78, 5) is 0. The van der Waals surface area contributed by atoms with Crippen molar-refractivity contribution in [1.82, 2.24) is 0 Å². The number of rotatable bonds is 4. The predicted molar refractivity (Wildman–Crippen MR) is 67.6 cm³/mol. The molecule has 0 spiro atoms. The molecule has 0 N–H and O–H groups in total. The van der Waals surface area contributed by atoms with Crippen molar-refractivity contribution in [2.45, 2.75) is 45.3 Å². The molecule has 1 atom stereocenters. The summed E-state index contributed by atoms with van der Waals surface area (Å²) in [6.45, 7) is 5.98. The van der Waals surface area contributed by atoms with Crippen LogP contribution in [0.4, 0.5) is 0 Å². The zero-order chi connectivity index (χ0) is 11.5. The zero-order valence-corrected chi connectivity index (χ0v) is 10.8. The van der Waals surface area contributed by atoms with Crippen molar-refractivity contribution in [2.75, 3.05) is 0 Å². The molecule has 88 valence electrons. The van der Waals surface area contributed by atoms with Crippen molar-refractivity contribution in [2.24, 2.45) is 5.92 Å². The number of hydrogen-bond acceptors (Lipinski definition) is 1. The number of halogens is 1. The van der Waals surface area contributed by atoms with E-state index >= 15 is 0 Å². The second-order valence-electron chi connectivity index (χ2n) is 4.96. The molecule has 1 aromatic rings. The lowest BCUT2D eigenvalue weighted by Gasteiger charge is -2.12. The van der Waals surface area contributed by atoms with E-state index in [4.69, 9.17) is 16.3 Å². The lowest BCUT2D eigenvalue weighted by Crippen LogP contribution is -1.96. The minimum atomic E-state index is 0.147. The Bertz CT molecular complexity index is 360. The number of fused-ring (bicyclic) bond motifs is 1. The summed E-state index contributed by atoms with van der Waals surface area (Å²) >= 11 is 6.41. The second-order valence-corrected chi connectivity index (χ2v) is 5.49. The van der Waals surface area contributed by atoms with Crippen LogP contribution in [0.25, 0.3) is 0 Å².